The van der Waals surface area contributed by atoms with Gasteiger partial charge in [0.05, 0.1) is 17.1 Å². The van der Waals surface area contributed by atoms with Crippen LogP contribution in [0, 0.1) is 12.7 Å². The van der Waals surface area contributed by atoms with Crippen molar-refractivity contribution < 1.29 is 18.5 Å². The first-order valence-electron chi connectivity index (χ1n) is 7.29. The fraction of sp³-hybridized carbons (Fsp3) is 0.312. The number of nitrogens with zero attached hydrogens (tertiary/aromatic N) is 1. The summed E-state index contributed by atoms with van der Waals surface area (Å²) >= 11 is 6.02. The Kier molecular flexibility index (Phi) is 5.56. The van der Waals surface area contributed by atoms with E-state index in [9.17, 15) is 14.0 Å². The average molecular weight is 354 g/mol. The van der Waals surface area contributed by atoms with Gasteiger partial charge < -0.3 is 15.2 Å². The minimum atomic E-state index is -0.623. The van der Waals surface area contributed by atoms with E-state index >= 15 is 0 Å². The van der Waals surface area contributed by atoms with Crippen LogP contribution in [0.5, 0.6) is 0 Å². The van der Waals surface area contributed by atoms with Gasteiger partial charge in [0.25, 0.3) is 5.91 Å². The molecule has 24 heavy (non-hydrogen) atoms. The lowest BCUT2D eigenvalue weighted by Crippen LogP contribution is -2.40. The van der Waals surface area contributed by atoms with Crippen molar-refractivity contribution in [3.63, 3.8) is 0 Å². The Hall–Kier alpha value is -2.41. The third-order valence-corrected chi connectivity index (χ3v) is 3.46. The summed E-state index contributed by atoms with van der Waals surface area (Å²) in [5.41, 5.74) is 0.0181. The fourth-order valence-corrected chi connectivity index (χ4v) is 2.41. The molecular weight excluding hydrogens is 337 g/mol. The number of halogens is 2. The Bertz CT molecular complexity index is 754. The Morgan fingerprint density at radius 3 is 2.71 bits per heavy atom. The molecule has 2 N–H and O–H groups in total. The lowest BCUT2D eigenvalue weighted by atomic mass is 10.0. The molecule has 0 fully saturated rings. The SMILES string of the molecule is Cc1onc(-c2c(F)cccc2Cl)c1C(=O)NCC(=O)NC(C)C. The molecule has 128 valence electrons. The standard InChI is InChI=1S/C16H17ClFN3O3/c1-8(2)20-12(22)7-19-16(23)13-9(3)24-21-15(13)14-10(17)5-4-6-11(14)18/h4-6,8H,7H2,1-3H3,(H,19,23)(H,20,22). The van der Waals surface area contributed by atoms with Gasteiger partial charge in [0.1, 0.15) is 22.8 Å². The van der Waals surface area contributed by atoms with Gasteiger partial charge in [-0.15, -0.1) is 0 Å². The fourth-order valence-electron chi connectivity index (χ4n) is 2.16. The number of hydrogen-bond donors (Lipinski definition) is 2. The zero-order valence-corrected chi connectivity index (χ0v) is 14.2. The molecule has 0 aliphatic carbocycles. The summed E-state index contributed by atoms with van der Waals surface area (Å²) in [5, 5.41) is 8.96. The first-order chi connectivity index (χ1) is 11.3. The Labute approximate surface area is 143 Å². The number of benzene rings is 1. The number of nitrogens with one attached hydrogen (secondary N) is 2. The van der Waals surface area contributed by atoms with E-state index in [1.165, 1.54) is 25.1 Å². The first kappa shape index (κ1) is 17.9. The van der Waals surface area contributed by atoms with E-state index in [0.29, 0.717) is 0 Å². The van der Waals surface area contributed by atoms with Crippen molar-refractivity contribution in [2.24, 2.45) is 0 Å². The van der Waals surface area contributed by atoms with E-state index in [1.54, 1.807) is 0 Å². The molecule has 1 aromatic carbocycles. The average Bonchev–Trinajstić information content (AvgIpc) is 2.85. The van der Waals surface area contributed by atoms with Crippen molar-refractivity contribution in [2.75, 3.05) is 6.54 Å². The Balaban J connectivity index is 2.27. The molecule has 0 aliphatic heterocycles. The van der Waals surface area contributed by atoms with E-state index in [2.05, 4.69) is 15.8 Å². The van der Waals surface area contributed by atoms with Gasteiger partial charge in [-0.3, -0.25) is 9.59 Å². The highest BCUT2D eigenvalue weighted by Gasteiger charge is 2.25. The van der Waals surface area contributed by atoms with Gasteiger partial charge in [0.15, 0.2) is 0 Å². The molecule has 2 aromatic rings. The lowest BCUT2D eigenvalue weighted by Gasteiger charge is -2.10. The van der Waals surface area contributed by atoms with Crippen molar-refractivity contribution in [1.82, 2.24) is 15.8 Å². The van der Waals surface area contributed by atoms with E-state index in [1.807, 2.05) is 13.8 Å². The maximum absolute atomic E-state index is 14.1. The van der Waals surface area contributed by atoms with Crippen molar-refractivity contribution in [3.8, 4) is 11.3 Å². The van der Waals surface area contributed by atoms with Crippen LogP contribution in [0.4, 0.5) is 4.39 Å². The molecule has 8 heteroatoms. The molecule has 1 heterocycles. The number of carbonyl (C=O) groups excluding carboxylic acids is 2. The largest absolute Gasteiger partial charge is 0.360 e. The predicted octanol–water partition coefficient (Wildman–Crippen LogP) is 2.70. The van der Waals surface area contributed by atoms with Crippen LogP contribution in [0.15, 0.2) is 22.7 Å². The summed E-state index contributed by atoms with van der Waals surface area (Å²) in [4.78, 5) is 24.0. The zero-order valence-electron chi connectivity index (χ0n) is 13.4. The molecule has 0 aliphatic rings. The molecule has 2 amide bonds. The minimum Gasteiger partial charge on any atom is -0.360 e. The van der Waals surface area contributed by atoms with Gasteiger partial charge in [-0.05, 0) is 32.9 Å². The van der Waals surface area contributed by atoms with Gasteiger partial charge in [0.2, 0.25) is 5.91 Å². The van der Waals surface area contributed by atoms with Gasteiger partial charge in [0, 0.05) is 6.04 Å². The molecule has 2 rings (SSSR count). The van der Waals surface area contributed by atoms with E-state index in [4.69, 9.17) is 16.1 Å². The highest BCUT2D eigenvalue weighted by molar-refractivity contribution is 6.33. The van der Waals surface area contributed by atoms with Crippen LogP contribution in [-0.2, 0) is 4.79 Å². The van der Waals surface area contributed by atoms with Crippen LogP contribution in [0.25, 0.3) is 11.3 Å². The molecule has 0 saturated heterocycles. The monoisotopic (exact) mass is 353 g/mol. The van der Waals surface area contributed by atoms with Crippen LogP contribution < -0.4 is 10.6 Å². The molecule has 0 saturated carbocycles. The number of hydrogen-bond acceptors (Lipinski definition) is 4. The summed E-state index contributed by atoms with van der Waals surface area (Å²) in [6, 6.07) is 4.11. The van der Waals surface area contributed by atoms with E-state index in [-0.39, 0.29) is 46.1 Å². The van der Waals surface area contributed by atoms with Crippen molar-refractivity contribution in [1.29, 1.82) is 0 Å². The quantitative estimate of drug-likeness (QED) is 0.865. The number of carbonyl (C=O) groups is 2. The molecular formula is C16H17ClFN3O3. The van der Waals surface area contributed by atoms with E-state index < -0.39 is 11.7 Å². The second kappa shape index (κ2) is 7.44. The minimum absolute atomic E-state index is 0.00244. The van der Waals surface area contributed by atoms with Crippen molar-refractivity contribution in [3.05, 3.63) is 40.4 Å². The topological polar surface area (TPSA) is 84.2 Å². The van der Waals surface area contributed by atoms with Gasteiger partial charge >= 0.3 is 0 Å². The van der Waals surface area contributed by atoms with Crippen molar-refractivity contribution >= 4 is 23.4 Å². The summed E-state index contributed by atoms with van der Waals surface area (Å²) in [7, 11) is 0. The van der Waals surface area contributed by atoms with Gasteiger partial charge in [-0.1, -0.05) is 22.8 Å². The predicted molar refractivity (Wildman–Crippen MR) is 87.3 cm³/mol. The summed E-state index contributed by atoms with van der Waals surface area (Å²) in [6.45, 7) is 4.92. The molecule has 0 bridgehead atoms. The van der Waals surface area contributed by atoms with Gasteiger partial charge in [-0.2, -0.15) is 0 Å². The maximum atomic E-state index is 14.1. The Morgan fingerprint density at radius 1 is 1.38 bits per heavy atom. The highest BCUT2D eigenvalue weighted by atomic mass is 35.5. The normalized spacial score (nSPS) is 10.8. The number of aromatic nitrogens is 1. The lowest BCUT2D eigenvalue weighted by molar-refractivity contribution is -0.120. The second-order valence-corrected chi connectivity index (χ2v) is 5.87. The number of rotatable bonds is 5. The molecule has 0 spiro atoms. The first-order valence-corrected chi connectivity index (χ1v) is 7.67. The molecule has 6 nitrogen and oxygen atoms in total. The number of amides is 2. The summed E-state index contributed by atoms with van der Waals surface area (Å²) in [6.07, 6.45) is 0. The summed E-state index contributed by atoms with van der Waals surface area (Å²) < 4.78 is 19.1. The van der Waals surface area contributed by atoms with Crippen molar-refractivity contribution in [2.45, 2.75) is 26.8 Å². The third-order valence-electron chi connectivity index (χ3n) is 3.15. The Morgan fingerprint density at radius 2 is 2.08 bits per heavy atom. The second-order valence-electron chi connectivity index (χ2n) is 5.46. The number of aryl methyl sites for hydroxylation is 1. The van der Waals surface area contributed by atoms with Crippen LogP contribution in [-0.4, -0.2) is 29.6 Å². The van der Waals surface area contributed by atoms with E-state index in [0.717, 1.165) is 0 Å². The van der Waals surface area contributed by atoms with Gasteiger partial charge in [-0.25, -0.2) is 4.39 Å². The molecule has 0 atom stereocenters. The van der Waals surface area contributed by atoms with Crippen LogP contribution in [0.2, 0.25) is 5.02 Å². The molecule has 1 aromatic heterocycles. The van der Waals surface area contributed by atoms with Crippen LogP contribution >= 0.6 is 11.6 Å². The smallest absolute Gasteiger partial charge is 0.257 e. The van der Waals surface area contributed by atoms with Crippen LogP contribution in [0.1, 0.15) is 30.0 Å². The zero-order chi connectivity index (χ0) is 17.9. The molecule has 0 unspecified atom stereocenters. The maximum Gasteiger partial charge on any atom is 0.257 e. The highest BCUT2D eigenvalue weighted by Crippen LogP contribution is 2.33. The summed E-state index contributed by atoms with van der Waals surface area (Å²) in [5.74, 6) is -1.35. The van der Waals surface area contributed by atoms with Crippen LogP contribution in [0.3, 0.4) is 0 Å². The molecule has 0 radical (unpaired) electrons. The third kappa shape index (κ3) is 3.91.